The van der Waals surface area contributed by atoms with Gasteiger partial charge in [0.2, 0.25) is 0 Å². The summed E-state index contributed by atoms with van der Waals surface area (Å²) >= 11 is 0. The molecule has 0 aliphatic heterocycles. The molecule has 0 saturated heterocycles. The van der Waals surface area contributed by atoms with E-state index >= 15 is 0 Å². The maximum atomic E-state index is 12.3. The fourth-order valence-corrected chi connectivity index (χ4v) is 2.69. The van der Waals surface area contributed by atoms with Crippen LogP contribution in [0.1, 0.15) is 18.1 Å². The van der Waals surface area contributed by atoms with Crippen LogP contribution >= 0.6 is 0 Å². The van der Waals surface area contributed by atoms with E-state index in [1.54, 1.807) is 18.2 Å². The first kappa shape index (κ1) is 21.1. The molecule has 0 aliphatic rings. The smallest absolute Gasteiger partial charge is 0.252 e. The number of hydrogen-bond donors (Lipinski definition) is 2. The van der Waals surface area contributed by atoms with Crippen LogP contribution in [0.5, 0.6) is 0 Å². The van der Waals surface area contributed by atoms with Crippen LogP contribution in [-0.4, -0.2) is 31.6 Å². The SMILES string of the molecule is C=C(N)c1ccccc1NC(=C)C(N=Nc1c(C#N)cnn1-c1ncccn1)C(C)=O. The Morgan fingerprint density at radius 1 is 1.26 bits per heavy atom. The normalized spacial score (nSPS) is 11.6. The molecule has 10 nitrogen and oxygen atoms in total. The van der Waals surface area contributed by atoms with Gasteiger partial charge < -0.3 is 11.1 Å². The molecule has 2 heterocycles. The molecule has 1 aromatic carbocycles. The number of Topliss-reactive ketones (excluding diaryl/α,β-unsaturated/α-hetero) is 1. The van der Waals surface area contributed by atoms with Crippen LogP contribution in [0.2, 0.25) is 0 Å². The zero-order valence-electron chi connectivity index (χ0n) is 16.7. The fraction of sp³-hybridized carbons (Fsp3) is 0.0952. The van der Waals surface area contributed by atoms with Crippen LogP contribution in [0.3, 0.4) is 0 Å². The zero-order valence-corrected chi connectivity index (χ0v) is 16.7. The van der Waals surface area contributed by atoms with Gasteiger partial charge in [-0.2, -0.15) is 20.2 Å². The van der Waals surface area contributed by atoms with Crippen LogP contribution in [0.15, 0.2) is 78.0 Å². The van der Waals surface area contributed by atoms with Crippen LogP contribution < -0.4 is 11.1 Å². The van der Waals surface area contributed by atoms with Crippen molar-refractivity contribution < 1.29 is 4.79 Å². The molecule has 10 heteroatoms. The van der Waals surface area contributed by atoms with E-state index in [9.17, 15) is 10.1 Å². The number of azo groups is 1. The van der Waals surface area contributed by atoms with Gasteiger partial charge in [0.05, 0.1) is 6.20 Å². The van der Waals surface area contributed by atoms with E-state index in [2.05, 4.69) is 43.8 Å². The molecular weight excluding hydrogens is 394 g/mol. The molecule has 0 bridgehead atoms. The zero-order chi connectivity index (χ0) is 22.4. The molecule has 1 unspecified atom stereocenters. The van der Waals surface area contributed by atoms with Crippen molar-refractivity contribution in [2.45, 2.75) is 13.0 Å². The van der Waals surface area contributed by atoms with E-state index < -0.39 is 6.04 Å². The summed E-state index contributed by atoms with van der Waals surface area (Å²) in [4.78, 5) is 20.5. The number of nitriles is 1. The maximum Gasteiger partial charge on any atom is 0.252 e. The number of nitrogens with one attached hydrogen (secondary N) is 1. The minimum absolute atomic E-state index is 0.100. The van der Waals surface area contributed by atoms with Crippen molar-refractivity contribution in [3.05, 3.63) is 78.9 Å². The fourth-order valence-electron chi connectivity index (χ4n) is 2.69. The first-order chi connectivity index (χ1) is 14.9. The lowest BCUT2D eigenvalue weighted by Gasteiger charge is -2.16. The van der Waals surface area contributed by atoms with Crippen LogP contribution in [-0.2, 0) is 4.79 Å². The van der Waals surface area contributed by atoms with E-state index in [1.165, 1.54) is 30.2 Å². The number of ketones is 1. The van der Waals surface area contributed by atoms with Gasteiger partial charge in [0.15, 0.2) is 17.6 Å². The quantitative estimate of drug-likeness (QED) is 0.539. The van der Waals surface area contributed by atoms with Crippen molar-refractivity contribution >= 4 is 23.0 Å². The van der Waals surface area contributed by atoms with E-state index in [0.29, 0.717) is 16.9 Å². The predicted octanol–water partition coefficient (Wildman–Crippen LogP) is 3.13. The number of benzene rings is 1. The molecule has 2 aromatic heterocycles. The van der Waals surface area contributed by atoms with Crippen LogP contribution in [0.25, 0.3) is 11.6 Å². The van der Waals surface area contributed by atoms with Gasteiger partial charge in [-0.05, 0) is 19.1 Å². The summed E-state index contributed by atoms with van der Waals surface area (Å²) in [5.41, 5.74) is 7.93. The molecule has 1 atom stereocenters. The molecule has 0 amide bonds. The van der Waals surface area contributed by atoms with Crippen LogP contribution in [0, 0.1) is 11.3 Å². The lowest BCUT2D eigenvalue weighted by atomic mass is 10.1. The molecule has 0 fully saturated rings. The van der Waals surface area contributed by atoms with Crippen molar-refractivity contribution in [1.82, 2.24) is 19.7 Å². The third kappa shape index (κ3) is 4.68. The van der Waals surface area contributed by atoms with Crippen molar-refractivity contribution in [1.29, 1.82) is 5.26 Å². The summed E-state index contributed by atoms with van der Waals surface area (Å²) in [6.45, 7) is 9.04. The number of nitrogens with two attached hydrogens (primary N) is 1. The number of anilines is 1. The van der Waals surface area contributed by atoms with E-state index in [0.717, 1.165) is 0 Å². The average Bonchev–Trinajstić information content (AvgIpc) is 3.17. The topological polar surface area (TPSA) is 147 Å². The number of aromatic nitrogens is 4. The molecule has 3 rings (SSSR count). The van der Waals surface area contributed by atoms with Gasteiger partial charge in [0.25, 0.3) is 5.95 Å². The highest BCUT2D eigenvalue weighted by molar-refractivity contribution is 5.86. The Balaban J connectivity index is 1.92. The molecular formula is C21H19N9O. The lowest BCUT2D eigenvalue weighted by molar-refractivity contribution is -0.117. The van der Waals surface area contributed by atoms with Crippen molar-refractivity contribution in [3.63, 3.8) is 0 Å². The standard InChI is InChI=1S/C21H19N9O/c1-13(23)17-7-4-5-8-18(17)27-14(2)19(15(3)31)28-29-20-16(11-22)12-26-30(20)21-24-9-6-10-25-21/h4-10,12,19,27H,1-2,23H2,3H3. The summed E-state index contributed by atoms with van der Waals surface area (Å²) in [5, 5.41) is 24.8. The van der Waals surface area contributed by atoms with E-state index in [1.807, 2.05) is 18.2 Å². The molecule has 0 aliphatic carbocycles. The molecule has 31 heavy (non-hydrogen) atoms. The van der Waals surface area contributed by atoms with Crippen molar-refractivity contribution in [2.24, 2.45) is 16.0 Å². The summed E-state index contributed by atoms with van der Waals surface area (Å²) < 4.78 is 1.27. The minimum atomic E-state index is -1.02. The average molecular weight is 413 g/mol. The van der Waals surface area contributed by atoms with Crippen LogP contribution in [0.4, 0.5) is 11.5 Å². The summed E-state index contributed by atoms with van der Waals surface area (Å²) in [5.74, 6) is 0.0130. The number of carbonyl (C=O) groups excluding carboxylic acids is 1. The van der Waals surface area contributed by atoms with Gasteiger partial charge in [0, 0.05) is 35.0 Å². The van der Waals surface area contributed by atoms with Gasteiger partial charge >= 0.3 is 0 Å². The van der Waals surface area contributed by atoms with E-state index in [4.69, 9.17) is 5.73 Å². The van der Waals surface area contributed by atoms with Gasteiger partial charge in [-0.25, -0.2) is 9.97 Å². The first-order valence-electron chi connectivity index (χ1n) is 9.08. The first-order valence-corrected chi connectivity index (χ1v) is 9.08. The molecule has 0 saturated carbocycles. The number of para-hydroxylation sites is 1. The highest BCUT2D eigenvalue weighted by atomic mass is 16.1. The highest BCUT2D eigenvalue weighted by Crippen LogP contribution is 2.25. The Hall–Kier alpha value is -4.65. The summed E-state index contributed by atoms with van der Waals surface area (Å²) in [7, 11) is 0. The summed E-state index contributed by atoms with van der Waals surface area (Å²) in [6.07, 6.45) is 4.39. The second-order valence-corrected chi connectivity index (χ2v) is 6.40. The second kappa shape index (κ2) is 9.23. The number of hydrogen-bond acceptors (Lipinski definition) is 9. The molecule has 0 radical (unpaired) electrons. The Morgan fingerprint density at radius 2 is 1.97 bits per heavy atom. The highest BCUT2D eigenvalue weighted by Gasteiger charge is 2.20. The third-order valence-electron chi connectivity index (χ3n) is 4.16. The van der Waals surface area contributed by atoms with Gasteiger partial charge in [-0.15, -0.1) is 5.11 Å². The number of carbonyl (C=O) groups is 1. The van der Waals surface area contributed by atoms with Crippen molar-refractivity contribution in [2.75, 3.05) is 5.32 Å². The minimum Gasteiger partial charge on any atom is -0.399 e. The lowest BCUT2D eigenvalue weighted by Crippen LogP contribution is -2.22. The molecule has 3 N–H and O–H groups in total. The van der Waals surface area contributed by atoms with Gasteiger partial charge in [-0.3, -0.25) is 4.79 Å². The summed E-state index contributed by atoms with van der Waals surface area (Å²) in [6, 6.07) is 9.81. The Bertz CT molecular complexity index is 1210. The maximum absolute atomic E-state index is 12.3. The Morgan fingerprint density at radius 3 is 2.61 bits per heavy atom. The molecule has 3 aromatic rings. The number of rotatable bonds is 8. The van der Waals surface area contributed by atoms with Crippen molar-refractivity contribution in [3.8, 4) is 12.0 Å². The number of nitrogens with zero attached hydrogens (tertiary/aromatic N) is 7. The third-order valence-corrected chi connectivity index (χ3v) is 4.16. The van der Waals surface area contributed by atoms with E-state index in [-0.39, 0.29) is 28.8 Å². The van der Waals surface area contributed by atoms with Gasteiger partial charge in [0.1, 0.15) is 11.6 Å². The molecule has 0 spiro atoms. The molecule has 154 valence electrons. The predicted molar refractivity (Wildman–Crippen MR) is 115 cm³/mol. The Labute approximate surface area is 178 Å². The second-order valence-electron chi connectivity index (χ2n) is 6.40. The largest absolute Gasteiger partial charge is 0.399 e. The Kier molecular flexibility index (Phi) is 6.27. The monoisotopic (exact) mass is 413 g/mol. The van der Waals surface area contributed by atoms with Gasteiger partial charge in [-0.1, -0.05) is 31.4 Å².